The Labute approximate surface area is 345 Å². The molecular formula is C56H36N4. The molecule has 4 nitrogen and oxygen atoms in total. The number of benzene rings is 10. The first kappa shape index (κ1) is 32.9. The molecule has 13 aromatic rings. The molecule has 0 atom stereocenters. The van der Waals surface area contributed by atoms with Crippen molar-refractivity contribution >= 4 is 93.3 Å². The van der Waals surface area contributed by atoms with Crippen LogP contribution in [0.3, 0.4) is 0 Å². The standard InChI is InChI=1S/C56H36N4/c1-6-18-39(19-7-1)57(40-20-8-2-9-21-40)44-32-33-46-48-35-38-31-30-37-34-47-45-28-16-17-29-49(45)58(41-22-10-3-11-23-41)53(47)55-51(37)52(38)56(60(55)43-26-14-5-15-27-43)54(48)59(50(46)36-44)42-24-12-4-13-25-42/h1-36H. The molecule has 60 heavy (non-hydrogen) atoms. The summed E-state index contributed by atoms with van der Waals surface area (Å²) in [5.41, 5.74) is 13.9. The summed E-state index contributed by atoms with van der Waals surface area (Å²) in [6.07, 6.45) is 0. The molecule has 0 aliphatic heterocycles. The Morgan fingerprint density at radius 1 is 0.267 bits per heavy atom. The largest absolute Gasteiger partial charge is 0.310 e. The Balaban J connectivity index is 1.26. The molecule has 0 unspecified atom stereocenters. The van der Waals surface area contributed by atoms with E-state index in [9.17, 15) is 0 Å². The zero-order valence-electron chi connectivity index (χ0n) is 32.6. The number of fused-ring (bicyclic) bond motifs is 8. The van der Waals surface area contributed by atoms with Crippen LogP contribution in [0.25, 0.3) is 93.3 Å². The molecule has 0 spiro atoms. The van der Waals surface area contributed by atoms with Crippen molar-refractivity contribution in [3.8, 4) is 17.1 Å². The van der Waals surface area contributed by atoms with E-state index in [2.05, 4.69) is 237 Å². The van der Waals surface area contributed by atoms with Gasteiger partial charge in [-0.05, 0) is 102 Å². The third kappa shape index (κ3) is 4.61. The predicted molar refractivity (Wildman–Crippen MR) is 253 cm³/mol. The molecule has 3 aromatic heterocycles. The van der Waals surface area contributed by atoms with E-state index < -0.39 is 0 Å². The maximum Gasteiger partial charge on any atom is 0.0795 e. The fourth-order valence-corrected chi connectivity index (χ4v) is 10.1. The van der Waals surface area contributed by atoms with E-state index in [1.165, 1.54) is 70.7 Å². The van der Waals surface area contributed by atoms with Crippen LogP contribution in [0.2, 0.25) is 0 Å². The Morgan fingerprint density at radius 2 is 0.683 bits per heavy atom. The summed E-state index contributed by atoms with van der Waals surface area (Å²) >= 11 is 0. The van der Waals surface area contributed by atoms with Crippen LogP contribution in [-0.2, 0) is 0 Å². The number of anilines is 3. The number of nitrogens with zero attached hydrogens (tertiary/aromatic N) is 4. The molecule has 10 aromatic carbocycles. The Hall–Kier alpha value is -8.08. The van der Waals surface area contributed by atoms with Gasteiger partial charge in [-0.1, -0.05) is 127 Å². The summed E-state index contributed by atoms with van der Waals surface area (Å²) < 4.78 is 7.58. The highest BCUT2D eigenvalue weighted by atomic mass is 15.1. The van der Waals surface area contributed by atoms with Gasteiger partial charge in [-0.2, -0.15) is 0 Å². The van der Waals surface area contributed by atoms with Crippen LogP contribution in [0.15, 0.2) is 218 Å². The molecule has 0 radical (unpaired) electrons. The molecule has 4 heteroatoms. The summed E-state index contributed by atoms with van der Waals surface area (Å²) in [4.78, 5) is 2.36. The SMILES string of the molecule is c1ccc(N(c2ccccc2)c2ccc3c4cc5ccc6cc7c8ccccc8n(-c8ccccc8)c7c7c6c5c(c4n(-c4ccccc4)c3c2)n7-c2ccccc2)cc1. The Bertz CT molecular complexity index is 3690. The Morgan fingerprint density at radius 3 is 1.20 bits per heavy atom. The minimum absolute atomic E-state index is 1.10. The van der Waals surface area contributed by atoms with Gasteiger partial charge in [-0.25, -0.2) is 0 Å². The fraction of sp³-hybridized carbons (Fsp3) is 0. The van der Waals surface area contributed by atoms with Crippen LogP contribution >= 0.6 is 0 Å². The van der Waals surface area contributed by atoms with E-state index >= 15 is 0 Å². The van der Waals surface area contributed by atoms with Crippen molar-refractivity contribution in [1.82, 2.24) is 13.7 Å². The predicted octanol–water partition coefficient (Wildman–Crippen LogP) is 15.0. The lowest BCUT2D eigenvalue weighted by molar-refractivity contribution is 1.14. The third-order valence-electron chi connectivity index (χ3n) is 12.5. The van der Waals surface area contributed by atoms with Gasteiger partial charge in [-0.15, -0.1) is 0 Å². The summed E-state index contributed by atoms with van der Waals surface area (Å²) in [5.74, 6) is 0. The van der Waals surface area contributed by atoms with E-state index in [0.717, 1.165) is 39.6 Å². The molecule has 0 amide bonds. The highest BCUT2D eigenvalue weighted by molar-refractivity contribution is 6.37. The third-order valence-corrected chi connectivity index (χ3v) is 12.5. The normalized spacial score (nSPS) is 12.0. The first-order valence-corrected chi connectivity index (χ1v) is 20.6. The van der Waals surface area contributed by atoms with Crippen LogP contribution in [0.1, 0.15) is 0 Å². The van der Waals surface area contributed by atoms with E-state index in [1.54, 1.807) is 0 Å². The smallest absolute Gasteiger partial charge is 0.0795 e. The fourth-order valence-electron chi connectivity index (χ4n) is 10.1. The van der Waals surface area contributed by atoms with Gasteiger partial charge in [0.05, 0.1) is 33.1 Å². The zero-order chi connectivity index (χ0) is 39.3. The molecule has 0 fully saturated rings. The van der Waals surface area contributed by atoms with Crippen LogP contribution < -0.4 is 4.90 Å². The molecule has 13 rings (SSSR count). The van der Waals surface area contributed by atoms with Gasteiger partial charge >= 0.3 is 0 Å². The summed E-state index contributed by atoms with van der Waals surface area (Å²) in [6.45, 7) is 0. The van der Waals surface area contributed by atoms with Crippen molar-refractivity contribution in [2.24, 2.45) is 0 Å². The van der Waals surface area contributed by atoms with Crippen molar-refractivity contribution in [3.63, 3.8) is 0 Å². The summed E-state index contributed by atoms with van der Waals surface area (Å²) in [7, 11) is 0. The topological polar surface area (TPSA) is 18.0 Å². The molecule has 0 saturated carbocycles. The number of hydrogen-bond acceptors (Lipinski definition) is 1. The van der Waals surface area contributed by atoms with E-state index in [-0.39, 0.29) is 0 Å². The van der Waals surface area contributed by atoms with Gasteiger partial charge in [0.25, 0.3) is 0 Å². The van der Waals surface area contributed by atoms with Gasteiger partial charge in [0.15, 0.2) is 0 Å². The number of para-hydroxylation sites is 6. The molecule has 0 N–H and O–H groups in total. The number of aromatic nitrogens is 3. The van der Waals surface area contributed by atoms with E-state index in [4.69, 9.17) is 0 Å². The van der Waals surface area contributed by atoms with Crippen LogP contribution in [0, 0.1) is 0 Å². The van der Waals surface area contributed by atoms with Crippen molar-refractivity contribution in [2.45, 2.75) is 0 Å². The Kier molecular flexibility index (Phi) is 6.98. The van der Waals surface area contributed by atoms with Crippen molar-refractivity contribution < 1.29 is 0 Å². The average molecular weight is 765 g/mol. The maximum absolute atomic E-state index is 2.58. The highest BCUT2D eigenvalue weighted by Gasteiger charge is 2.28. The zero-order valence-corrected chi connectivity index (χ0v) is 32.6. The van der Waals surface area contributed by atoms with Gasteiger partial charge in [0.1, 0.15) is 0 Å². The molecule has 0 aliphatic carbocycles. The lowest BCUT2D eigenvalue weighted by atomic mass is 9.98. The number of hydrogen-bond donors (Lipinski definition) is 0. The second kappa shape index (κ2) is 12.7. The maximum atomic E-state index is 2.58. The molecule has 280 valence electrons. The van der Waals surface area contributed by atoms with Crippen molar-refractivity contribution in [1.29, 1.82) is 0 Å². The second-order valence-corrected chi connectivity index (χ2v) is 15.7. The highest BCUT2D eigenvalue weighted by Crippen LogP contribution is 2.50. The second-order valence-electron chi connectivity index (χ2n) is 15.7. The van der Waals surface area contributed by atoms with Crippen LogP contribution in [-0.4, -0.2) is 13.7 Å². The van der Waals surface area contributed by atoms with Gasteiger partial charge < -0.3 is 18.6 Å². The van der Waals surface area contributed by atoms with E-state index in [0.29, 0.717) is 0 Å². The minimum atomic E-state index is 1.10. The summed E-state index contributed by atoms with van der Waals surface area (Å²) in [6, 6.07) is 79.5. The quantitative estimate of drug-likeness (QED) is 0.154. The van der Waals surface area contributed by atoms with E-state index in [1.807, 2.05) is 0 Å². The molecule has 0 aliphatic rings. The molecule has 0 saturated heterocycles. The van der Waals surface area contributed by atoms with Gasteiger partial charge in [0, 0.05) is 66.4 Å². The first-order valence-electron chi connectivity index (χ1n) is 20.6. The van der Waals surface area contributed by atoms with Gasteiger partial charge in [0.2, 0.25) is 0 Å². The van der Waals surface area contributed by atoms with Crippen molar-refractivity contribution in [2.75, 3.05) is 4.90 Å². The molecule has 3 heterocycles. The molecule has 0 bridgehead atoms. The van der Waals surface area contributed by atoms with Crippen LogP contribution in [0.5, 0.6) is 0 Å². The van der Waals surface area contributed by atoms with Crippen LogP contribution in [0.4, 0.5) is 17.1 Å². The average Bonchev–Trinajstić information content (AvgIpc) is 3.96. The lowest BCUT2D eigenvalue weighted by Gasteiger charge is -2.25. The first-order chi connectivity index (χ1) is 29.8. The van der Waals surface area contributed by atoms with Gasteiger partial charge in [-0.3, -0.25) is 0 Å². The minimum Gasteiger partial charge on any atom is -0.310 e. The summed E-state index contributed by atoms with van der Waals surface area (Å²) in [5, 5.41) is 9.97. The molecular weight excluding hydrogens is 729 g/mol. The van der Waals surface area contributed by atoms with Crippen molar-refractivity contribution in [3.05, 3.63) is 218 Å². The monoisotopic (exact) mass is 764 g/mol. The number of rotatable bonds is 6. The lowest BCUT2D eigenvalue weighted by Crippen LogP contribution is -2.09.